The molecule has 4 aliphatic heterocycles. The van der Waals surface area contributed by atoms with Gasteiger partial charge in [0.2, 0.25) is 0 Å². The quantitative estimate of drug-likeness (QED) is 0.0301. The summed E-state index contributed by atoms with van der Waals surface area (Å²) in [6.45, 7) is 17.6. The van der Waals surface area contributed by atoms with Crippen molar-refractivity contribution >= 4 is 69.4 Å². The first-order chi connectivity index (χ1) is 52.1. The number of anilines is 2. The number of amides is 3. The SMILES string of the molecule is CC1(C)c2cccc(C(=O)NO)c2CN1c1nc2c(o1)CCC(C(F)(F)F)C2.COC(=O)c1cccc2c1CN(C(N)=O)C2(C)C.COC(=O)c1cccc2c1CN(c1nc3c(o1)CCC(C(F)(F)F)C3)C2(C)C.COC(=O)c1cccc2c1CNC2(C)C.O=C1CC(C(F)(F)F)CCC1Br.O=C1CCCC(C(F)(F)F)C1. The molecule has 2 aromatic heterocycles. The van der Waals surface area contributed by atoms with Gasteiger partial charge < -0.3 is 48.8 Å². The Labute approximate surface area is 646 Å². The molecule has 5 unspecified atom stereocenters. The summed E-state index contributed by atoms with van der Waals surface area (Å²) in [7, 11) is 4.09. The Bertz CT molecular complexity index is 4360. The number of nitrogens with one attached hydrogen (secondary N) is 2. The molecular weight excluding hydrogens is 1560 g/mol. The molecule has 4 aliphatic carbocycles. The number of benzene rings is 4. The number of Topliss-reactive ketones (excluding diaryl/α,β-unsaturated/α-hetero) is 2. The van der Waals surface area contributed by atoms with Gasteiger partial charge in [0.1, 0.15) is 23.1 Å². The summed E-state index contributed by atoms with van der Waals surface area (Å²) in [5, 5.41) is 12.4. The molecule has 0 saturated heterocycles. The Morgan fingerprint density at radius 2 is 0.902 bits per heavy atom. The summed E-state index contributed by atoms with van der Waals surface area (Å²) in [5.41, 5.74) is 15.4. The van der Waals surface area contributed by atoms with E-state index in [4.69, 9.17) is 34.0 Å². The number of aryl methyl sites for hydroxylation is 2. The minimum absolute atomic E-state index is 0.00439. The number of urea groups is 1. The maximum Gasteiger partial charge on any atom is 0.392 e. The fourth-order valence-electron chi connectivity index (χ4n) is 15.5. The van der Waals surface area contributed by atoms with Gasteiger partial charge in [0, 0.05) is 82.2 Å². The van der Waals surface area contributed by atoms with Crippen molar-refractivity contribution in [2.75, 3.05) is 31.1 Å². The molecule has 4 aromatic carbocycles. The number of fused-ring (bicyclic) bond motifs is 6. The van der Waals surface area contributed by atoms with Gasteiger partial charge in [0.25, 0.3) is 17.9 Å². The van der Waals surface area contributed by atoms with Crippen LogP contribution in [0.1, 0.15) is 222 Å². The summed E-state index contributed by atoms with van der Waals surface area (Å²) < 4.78 is 177. The van der Waals surface area contributed by atoms with E-state index in [9.17, 15) is 86.2 Å². The Morgan fingerprint density at radius 3 is 1.29 bits per heavy atom. The monoisotopic (exact) mass is 1650 g/mol. The number of ether oxygens (including phenoxy) is 3. The number of rotatable bonds is 6. The fraction of sp³-hybridized carbons (Fsp3) is 0.526. The van der Waals surface area contributed by atoms with Crippen LogP contribution in [0.5, 0.6) is 0 Å². The molecule has 21 nitrogen and oxygen atoms in total. The lowest BCUT2D eigenvalue weighted by atomic mass is 9.88. The van der Waals surface area contributed by atoms with Crippen LogP contribution in [0.2, 0.25) is 0 Å². The zero-order chi connectivity index (χ0) is 82.9. The van der Waals surface area contributed by atoms with Crippen molar-refractivity contribution in [2.24, 2.45) is 29.4 Å². The van der Waals surface area contributed by atoms with Gasteiger partial charge in [0.05, 0.1) is 94.5 Å². The molecule has 6 heterocycles. The minimum atomic E-state index is -4.24. The number of primary amides is 1. The Kier molecular flexibility index (Phi) is 26.0. The van der Waals surface area contributed by atoms with Crippen LogP contribution in [0, 0.1) is 23.7 Å². The number of alkyl halides is 13. The maximum absolute atomic E-state index is 13.1. The van der Waals surface area contributed by atoms with E-state index in [2.05, 4.69) is 51.1 Å². The molecule has 610 valence electrons. The molecule has 2 fully saturated rings. The first-order valence-electron chi connectivity index (χ1n) is 36.1. The number of carbonyl (C=O) groups excluding carboxylic acids is 7. The molecule has 0 bridgehead atoms. The van der Waals surface area contributed by atoms with Gasteiger partial charge >= 0.3 is 48.6 Å². The van der Waals surface area contributed by atoms with Crippen LogP contribution in [0.25, 0.3) is 0 Å². The zero-order valence-electron chi connectivity index (χ0n) is 63.4. The van der Waals surface area contributed by atoms with Gasteiger partial charge in [-0.25, -0.2) is 24.7 Å². The molecule has 34 heteroatoms. The predicted molar refractivity (Wildman–Crippen MR) is 386 cm³/mol. The van der Waals surface area contributed by atoms with E-state index in [-0.39, 0.29) is 98.1 Å². The Balaban J connectivity index is 0.000000160. The van der Waals surface area contributed by atoms with E-state index in [1.165, 1.54) is 26.9 Å². The molecule has 8 aliphatic rings. The third kappa shape index (κ3) is 18.7. The van der Waals surface area contributed by atoms with E-state index in [1.807, 2.05) is 81.7 Å². The van der Waals surface area contributed by atoms with Crippen molar-refractivity contribution in [2.45, 2.75) is 217 Å². The lowest BCUT2D eigenvalue weighted by Gasteiger charge is -2.31. The minimum Gasteiger partial charge on any atom is -0.465 e. The number of ketones is 2. The summed E-state index contributed by atoms with van der Waals surface area (Å²) in [6, 6.07) is 21.9. The highest BCUT2D eigenvalue weighted by Gasteiger charge is 2.50. The van der Waals surface area contributed by atoms with Crippen molar-refractivity contribution in [3.63, 3.8) is 0 Å². The molecule has 0 spiro atoms. The van der Waals surface area contributed by atoms with E-state index >= 15 is 0 Å². The van der Waals surface area contributed by atoms with Crippen LogP contribution in [-0.4, -0.2) is 112 Å². The Hall–Kier alpha value is -9.05. The highest BCUT2D eigenvalue weighted by molar-refractivity contribution is 9.10. The smallest absolute Gasteiger partial charge is 0.392 e. The molecule has 5 atom stereocenters. The lowest BCUT2D eigenvalue weighted by Crippen LogP contribution is -2.43. The van der Waals surface area contributed by atoms with Crippen LogP contribution in [-0.2, 0) is 97.8 Å². The van der Waals surface area contributed by atoms with Crippen LogP contribution in [0.4, 0.5) is 69.5 Å². The fourth-order valence-corrected chi connectivity index (χ4v) is 15.9. The molecule has 112 heavy (non-hydrogen) atoms. The second kappa shape index (κ2) is 33.6. The lowest BCUT2D eigenvalue weighted by molar-refractivity contribution is -0.183. The van der Waals surface area contributed by atoms with E-state index in [1.54, 1.807) is 46.8 Å². The van der Waals surface area contributed by atoms with Crippen LogP contribution >= 0.6 is 15.9 Å². The number of esters is 3. The van der Waals surface area contributed by atoms with Gasteiger partial charge in [-0.2, -0.15) is 62.7 Å². The predicted octanol–water partition coefficient (Wildman–Crippen LogP) is 16.5. The third-order valence-electron chi connectivity index (χ3n) is 22.1. The Morgan fingerprint density at radius 1 is 0.518 bits per heavy atom. The second-order valence-corrected chi connectivity index (χ2v) is 31.6. The molecule has 0 radical (unpaired) electrons. The zero-order valence-corrected chi connectivity index (χ0v) is 65.0. The number of hydrogen-bond acceptors (Lipinski definition) is 18. The van der Waals surface area contributed by atoms with Crippen LogP contribution in [0.15, 0.2) is 81.6 Å². The molecular formula is C78H89BrF12N8O13. The van der Waals surface area contributed by atoms with Gasteiger partial charge in [-0.05, 0) is 163 Å². The first-order valence-corrected chi connectivity index (χ1v) is 37.0. The van der Waals surface area contributed by atoms with E-state index in [0.717, 1.165) is 45.5 Å². The van der Waals surface area contributed by atoms with Crippen molar-refractivity contribution in [1.29, 1.82) is 0 Å². The van der Waals surface area contributed by atoms with Gasteiger partial charge in [-0.1, -0.05) is 64.5 Å². The molecule has 3 amide bonds. The summed E-state index contributed by atoms with van der Waals surface area (Å²) in [6.07, 6.45) is -16.2. The number of hydroxylamine groups is 1. The number of carbonyl (C=O) groups is 7. The van der Waals surface area contributed by atoms with Gasteiger partial charge in [-0.3, -0.25) is 19.6 Å². The van der Waals surface area contributed by atoms with Crippen LogP contribution < -0.4 is 26.3 Å². The van der Waals surface area contributed by atoms with Crippen molar-refractivity contribution in [3.8, 4) is 0 Å². The topological polar surface area (TPSA) is 279 Å². The average Bonchev–Trinajstić information content (AvgIpc) is 1.58. The molecule has 14 rings (SSSR count). The summed E-state index contributed by atoms with van der Waals surface area (Å²) in [5.74, 6) is -6.83. The summed E-state index contributed by atoms with van der Waals surface area (Å²) in [4.78, 5) is 94.1. The summed E-state index contributed by atoms with van der Waals surface area (Å²) >= 11 is 3.03. The van der Waals surface area contributed by atoms with Gasteiger partial charge in [0.15, 0.2) is 0 Å². The van der Waals surface area contributed by atoms with E-state index in [0.29, 0.717) is 90.1 Å². The normalized spacial score (nSPS) is 21.4. The van der Waals surface area contributed by atoms with Gasteiger partial charge in [-0.15, -0.1) is 0 Å². The molecule has 6 aromatic rings. The highest BCUT2D eigenvalue weighted by Crippen LogP contribution is 2.49. The number of nitrogens with zero attached hydrogens (tertiary/aromatic N) is 5. The second-order valence-electron chi connectivity index (χ2n) is 30.5. The maximum atomic E-state index is 13.1. The third-order valence-corrected chi connectivity index (χ3v) is 23.0. The standard InChI is InChI=1S/C20H21F3N2O3.C19H20F3N3O3.C13H16N2O3.C12H15NO2.C7H8BrF3O.C7H9F3O/c1-19(2)14-6-4-5-12(17(26)27-3)13(14)10-25(19)18-24-15-9-11(20(21,22)23)7-8-16(15)28-18;1-18(2)13-5-3-4-11(16(26)24-27)12(13)9-25(18)17-23-14-8-10(19(20,21)22)6-7-15(14)28-17;1-13(2)10-6-4-5-8(11(16)18-3)9(10)7-15(13)12(14)17;1-12(2)10-6-4-5-8(11(14)15-3)9(10)7-13-12;8-5-2-1-4(3-6(5)12)7(9,10)11;8-7(9,10)5-2-1-3-6(11)4-5/h4-6,11H,7-10H2,1-3H3;3-5,10,27H,6-9H2,1-2H3,(H,24,26);4-6H,7H2,1-3H3,(H2,14,17);4-6,13H,7H2,1-3H3;4-5H,1-3H2;5H,1-4H2. The molecule has 2 saturated carbocycles. The van der Waals surface area contributed by atoms with Crippen molar-refractivity contribution in [1.82, 2.24) is 25.7 Å². The number of nitrogens with two attached hydrogens (primary N) is 1. The van der Waals surface area contributed by atoms with E-state index < -0.39 is 88.9 Å². The first kappa shape index (κ1) is 86.9. The largest absolute Gasteiger partial charge is 0.465 e. The van der Waals surface area contributed by atoms with Crippen molar-refractivity contribution < 1.29 is 114 Å². The number of oxazole rings is 2. The number of hydrogen-bond donors (Lipinski definition) is 4. The number of methoxy groups -OCH3 is 3. The number of halogens is 13. The number of aromatic nitrogens is 2. The molecule has 5 N–H and O–H groups in total. The average molecular weight is 1650 g/mol. The highest BCUT2D eigenvalue weighted by atomic mass is 79.9. The van der Waals surface area contributed by atoms with Crippen molar-refractivity contribution in [3.05, 3.63) is 162 Å². The van der Waals surface area contributed by atoms with Crippen LogP contribution in [0.3, 0.4) is 0 Å².